The summed E-state index contributed by atoms with van der Waals surface area (Å²) in [4.78, 5) is 2.47. The first-order chi connectivity index (χ1) is 28.8. The number of hydrogen-bond donors (Lipinski definition) is 0. The third-order valence-electron chi connectivity index (χ3n) is 12.5. The van der Waals surface area contributed by atoms with Crippen LogP contribution in [0.2, 0.25) is 0 Å². The Morgan fingerprint density at radius 1 is 0.293 bits per heavy atom. The standard InChI is InChI=1S/C56H33NO/c1-2-16-40-34(11-1)12-5-18-41(40)35-29-31-39(32-30-35)57(48-24-10-26-51-56(48)47-17-3-4-25-50(47)58-51)49-33-38-15-8-21-43-42-19-6-13-36-27-28-37-14-7-20-44(53(37)52(36)42)45-22-9-23-46(49)55(45)54(38)43/h1-33H. The molecule has 0 unspecified atom stereocenters. The van der Waals surface area contributed by atoms with Gasteiger partial charge in [-0.2, -0.15) is 0 Å². The fraction of sp³-hybridized carbons (Fsp3) is 0. The fourth-order valence-corrected chi connectivity index (χ4v) is 10.1. The van der Waals surface area contributed by atoms with E-state index < -0.39 is 0 Å². The molecule has 0 amide bonds. The molecule has 0 aliphatic carbocycles. The molecule has 0 atom stereocenters. The number of nitrogens with zero attached hydrogens (tertiary/aromatic N) is 1. The molecule has 13 rings (SSSR count). The zero-order valence-electron chi connectivity index (χ0n) is 31.4. The van der Waals surface area contributed by atoms with Gasteiger partial charge in [-0.15, -0.1) is 0 Å². The Balaban J connectivity index is 1.17. The van der Waals surface area contributed by atoms with Crippen molar-refractivity contribution >= 4 is 114 Å². The highest BCUT2D eigenvalue weighted by Crippen LogP contribution is 2.50. The number of rotatable bonds is 4. The van der Waals surface area contributed by atoms with Crippen LogP contribution in [0.5, 0.6) is 0 Å². The molecule has 2 nitrogen and oxygen atoms in total. The molecule has 0 fully saturated rings. The second kappa shape index (κ2) is 11.9. The van der Waals surface area contributed by atoms with Crippen LogP contribution >= 0.6 is 0 Å². The van der Waals surface area contributed by atoms with Crippen LogP contribution in [0, 0.1) is 0 Å². The molecule has 58 heavy (non-hydrogen) atoms. The van der Waals surface area contributed by atoms with Gasteiger partial charge in [-0.25, -0.2) is 0 Å². The van der Waals surface area contributed by atoms with Gasteiger partial charge in [-0.1, -0.05) is 164 Å². The molecule has 0 spiro atoms. The number of furan rings is 1. The lowest BCUT2D eigenvalue weighted by atomic mass is 9.87. The summed E-state index contributed by atoms with van der Waals surface area (Å²) in [6.07, 6.45) is 0. The molecule has 268 valence electrons. The number of para-hydroxylation sites is 1. The predicted molar refractivity (Wildman–Crippen MR) is 248 cm³/mol. The zero-order valence-corrected chi connectivity index (χ0v) is 31.4. The van der Waals surface area contributed by atoms with Crippen molar-refractivity contribution in [3.8, 4) is 11.1 Å². The maximum absolute atomic E-state index is 6.53. The first kappa shape index (κ1) is 31.5. The molecule has 1 aromatic heterocycles. The van der Waals surface area contributed by atoms with Gasteiger partial charge in [0.15, 0.2) is 0 Å². The van der Waals surface area contributed by atoms with Gasteiger partial charge in [0.25, 0.3) is 0 Å². The lowest BCUT2D eigenvalue weighted by Crippen LogP contribution is -2.11. The summed E-state index contributed by atoms with van der Waals surface area (Å²) in [6, 6.07) is 73.5. The van der Waals surface area contributed by atoms with E-state index in [0.29, 0.717) is 0 Å². The van der Waals surface area contributed by atoms with Gasteiger partial charge in [0.1, 0.15) is 11.2 Å². The minimum atomic E-state index is 0.870. The number of anilines is 3. The Bertz CT molecular complexity index is 3790. The van der Waals surface area contributed by atoms with E-state index in [1.54, 1.807) is 0 Å². The van der Waals surface area contributed by atoms with Crippen molar-refractivity contribution in [3.63, 3.8) is 0 Å². The van der Waals surface area contributed by atoms with Gasteiger partial charge in [-0.3, -0.25) is 0 Å². The van der Waals surface area contributed by atoms with E-state index in [9.17, 15) is 0 Å². The highest BCUT2D eigenvalue weighted by atomic mass is 16.3. The van der Waals surface area contributed by atoms with Crippen molar-refractivity contribution in [1.82, 2.24) is 0 Å². The van der Waals surface area contributed by atoms with Crippen LogP contribution in [0.3, 0.4) is 0 Å². The second-order valence-electron chi connectivity index (χ2n) is 15.6. The SMILES string of the molecule is c1ccc2c(-c3ccc(N(c4cc5cccc6c7cccc8ccc9cccc(c%10cccc4c%10c56)c9c87)c4cccc5oc6ccccc6c45)cc3)cccc2c1. The van der Waals surface area contributed by atoms with Gasteiger partial charge in [-0.05, 0) is 112 Å². The molecule has 13 aromatic rings. The summed E-state index contributed by atoms with van der Waals surface area (Å²) in [5.74, 6) is 0. The zero-order chi connectivity index (χ0) is 37.9. The van der Waals surface area contributed by atoms with Gasteiger partial charge in [0.2, 0.25) is 0 Å². The van der Waals surface area contributed by atoms with Crippen molar-refractivity contribution in [2.45, 2.75) is 0 Å². The lowest BCUT2D eigenvalue weighted by Gasteiger charge is -2.29. The summed E-state index contributed by atoms with van der Waals surface area (Å²) in [5.41, 5.74) is 7.44. The van der Waals surface area contributed by atoms with Crippen molar-refractivity contribution in [2.75, 3.05) is 4.90 Å². The maximum atomic E-state index is 6.53. The van der Waals surface area contributed by atoms with Gasteiger partial charge < -0.3 is 9.32 Å². The first-order valence-electron chi connectivity index (χ1n) is 20.0. The molecular weight excluding hydrogens is 703 g/mol. The van der Waals surface area contributed by atoms with Gasteiger partial charge in [0.05, 0.1) is 16.8 Å². The molecule has 0 saturated carbocycles. The maximum Gasteiger partial charge on any atom is 0.137 e. The third kappa shape index (κ3) is 4.37. The largest absolute Gasteiger partial charge is 0.456 e. The van der Waals surface area contributed by atoms with E-state index in [-0.39, 0.29) is 0 Å². The number of hydrogen-bond acceptors (Lipinski definition) is 2. The summed E-state index contributed by atoms with van der Waals surface area (Å²) in [6.45, 7) is 0. The van der Waals surface area contributed by atoms with E-state index in [1.165, 1.54) is 86.5 Å². The highest BCUT2D eigenvalue weighted by Gasteiger charge is 2.24. The van der Waals surface area contributed by atoms with Crippen LogP contribution in [0.1, 0.15) is 0 Å². The number of fused-ring (bicyclic) bond motifs is 6. The monoisotopic (exact) mass is 735 g/mol. The summed E-state index contributed by atoms with van der Waals surface area (Å²) in [7, 11) is 0. The highest BCUT2D eigenvalue weighted by molar-refractivity contribution is 6.38. The summed E-state index contributed by atoms with van der Waals surface area (Å²) < 4.78 is 6.53. The van der Waals surface area contributed by atoms with Gasteiger partial charge >= 0.3 is 0 Å². The van der Waals surface area contributed by atoms with Crippen molar-refractivity contribution in [1.29, 1.82) is 0 Å². The molecule has 0 aliphatic heterocycles. The van der Waals surface area contributed by atoms with Gasteiger partial charge in [0, 0.05) is 21.8 Å². The molecule has 0 saturated heterocycles. The molecular formula is C56H33NO. The van der Waals surface area contributed by atoms with E-state index in [0.717, 1.165) is 39.0 Å². The van der Waals surface area contributed by atoms with Crippen LogP contribution in [0.4, 0.5) is 17.1 Å². The average molecular weight is 736 g/mol. The molecule has 0 aliphatic rings. The van der Waals surface area contributed by atoms with E-state index in [1.807, 2.05) is 6.07 Å². The minimum absolute atomic E-state index is 0.870. The Hall–Kier alpha value is -7.68. The quantitative estimate of drug-likeness (QED) is 0.167. The fourth-order valence-electron chi connectivity index (χ4n) is 10.1. The van der Waals surface area contributed by atoms with Crippen molar-refractivity contribution in [3.05, 3.63) is 200 Å². The van der Waals surface area contributed by atoms with Crippen molar-refractivity contribution in [2.24, 2.45) is 0 Å². The molecule has 0 N–H and O–H groups in total. The minimum Gasteiger partial charge on any atom is -0.456 e. The van der Waals surface area contributed by atoms with E-state index >= 15 is 0 Å². The molecule has 1 heterocycles. The predicted octanol–water partition coefficient (Wildman–Crippen LogP) is 16.2. The number of benzene rings is 11. The molecule has 12 aromatic carbocycles. The third-order valence-corrected chi connectivity index (χ3v) is 12.5. The Morgan fingerprint density at radius 2 is 0.810 bits per heavy atom. The smallest absolute Gasteiger partial charge is 0.137 e. The van der Waals surface area contributed by atoms with Crippen LogP contribution in [-0.2, 0) is 0 Å². The average Bonchev–Trinajstić information content (AvgIpc) is 3.67. The summed E-state index contributed by atoms with van der Waals surface area (Å²) in [5, 5.41) is 19.9. The lowest BCUT2D eigenvalue weighted by molar-refractivity contribution is 0.669. The van der Waals surface area contributed by atoms with Crippen LogP contribution in [-0.4, -0.2) is 0 Å². The Labute approximate surface area is 333 Å². The molecule has 0 radical (unpaired) electrons. The summed E-state index contributed by atoms with van der Waals surface area (Å²) >= 11 is 0. The van der Waals surface area contributed by atoms with E-state index in [2.05, 4.69) is 199 Å². The van der Waals surface area contributed by atoms with Crippen molar-refractivity contribution < 1.29 is 4.42 Å². The van der Waals surface area contributed by atoms with Crippen LogP contribution < -0.4 is 4.90 Å². The van der Waals surface area contributed by atoms with E-state index in [4.69, 9.17) is 4.42 Å². The molecule has 2 heteroatoms. The normalized spacial score (nSPS) is 12.1. The second-order valence-corrected chi connectivity index (χ2v) is 15.6. The first-order valence-corrected chi connectivity index (χ1v) is 20.0. The Kier molecular flexibility index (Phi) is 6.47. The van der Waals surface area contributed by atoms with Crippen LogP contribution in [0.25, 0.3) is 108 Å². The van der Waals surface area contributed by atoms with Crippen LogP contribution in [0.15, 0.2) is 205 Å². The molecule has 0 bridgehead atoms. The Morgan fingerprint density at radius 3 is 1.57 bits per heavy atom. The topological polar surface area (TPSA) is 16.4 Å².